The Morgan fingerprint density at radius 2 is 1.91 bits per heavy atom. The fraction of sp³-hybridized carbons (Fsp3) is 0.462. The summed E-state index contributed by atoms with van der Waals surface area (Å²) in [6, 6.07) is 10.5. The van der Waals surface area contributed by atoms with Crippen molar-refractivity contribution >= 4 is 17.2 Å². The number of nitrogens with zero attached hydrogens (tertiary/aromatic N) is 2. The first-order valence-corrected chi connectivity index (χ1v) is 11.4. The molecule has 2 atom stereocenters. The van der Waals surface area contributed by atoms with Crippen LogP contribution < -0.4 is 4.74 Å². The largest absolute Gasteiger partial charge is 0.488 e. The molecule has 1 fully saturated rings. The van der Waals surface area contributed by atoms with E-state index in [2.05, 4.69) is 20.8 Å². The van der Waals surface area contributed by atoms with Crippen molar-refractivity contribution in [1.82, 2.24) is 9.88 Å². The fourth-order valence-electron chi connectivity index (χ4n) is 4.57. The van der Waals surface area contributed by atoms with E-state index >= 15 is 0 Å². The highest BCUT2D eigenvalue weighted by atomic mass is 19.1. The van der Waals surface area contributed by atoms with Crippen LogP contribution in [0.4, 0.5) is 9.18 Å². The standard InChI is InChI=1S/C26H31FN2O4/c1-15(2)32-21-8-6-16(12-19(21)27)17-7-9-22-20(13-17)28-24(33-22)18-10-11-29(25(30)31)23(14-18)26(3,4)5/h6-9,12-13,15,18,23H,10-11,14H2,1-5H3,(H,30,31). The Morgan fingerprint density at radius 3 is 2.55 bits per heavy atom. The van der Waals surface area contributed by atoms with E-state index in [9.17, 15) is 14.3 Å². The minimum absolute atomic E-state index is 0.0468. The minimum Gasteiger partial charge on any atom is -0.488 e. The average Bonchev–Trinajstić information content (AvgIpc) is 3.17. The zero-order valence-electron chi connectivity index (χ0n) is 19.8. The molecule has 1 amide bonds. The Hall–Kier alpha value is -3.09. The maximum absolute atomic E-state index is 14.5. The Morgan fingerprint density at radius 1 is 1.21 bits per heavy atom. The number of hydrogen-bond acceptors (Lipinski definition) is 4. The number of amides is 1. The number of hydrogen-bond donors (Lipinski definition) is 1. The summed E-state index contributed by atoms with van der Waals surface area (Å²) in [4.78, 5) is 18.0. The first-order chi connectivity index (χ1) is 15.5. The number of benzene rings is 2. The van der Waals surface area contributed by atoms with Crippen molar-refractivity contribution in [3.63, 3.8) is 0 Å². The van der Waals surface area contributed by atoms with Crippen LogP contribution in [-0.4, -0.2) is 39.8 Å². The number of aromatic nitrogens is 1. The van der Waals surface area contributed by atoms with E-state index < -0.39 is 11.9 Å². The van der Waals surface area contributed by atoms with Gasteiger partial charge in [-0.15, -0.1) is 0 Å². The van der Waals surface area contributed by atoms with Crippen LogP contribution in [0.15, 0.2) is 40.8 Å². The number of rotatable bonds is 4. The molecular weight excluding hydrogens is 423 g/mol. The van der Waals surface area contributed by atoms with Crippen LogP contribution in [0, 0.1) is 11.2 Å². The topological polar surface area (TPSA) is 75.8 Å². The monoisotopic (exact) mass is 454 g/mol. The van der Waals surface area contributed by atoms with E-state index in [1.54, 1.807) is 11.0 Å². The van der Waals surface area contributed by atoms with Crippen LogP contribution in [0.5, 0.6) is 5.75 Å². The summed E-state index contributed by atoms with van der Waals surface area (Å²) in [5.74, 6) is 0.513. The van der Waals surface area contributed by atoms with E-state index in [1.807, 2.05) is 38.1 Å². The predicted octanol–water partition coefficient (Wildman–Crippen LogP) is 6.69. The first-order valence-electron chi connectivity index (χ1n) is 11.4. The average molecular weight is 455 g/mol. The Labute approximate surface area is 193 Å². The van der Waals surface area contributed by atoms with Crippen LogP contribution in [0.25, 0.3) is 22.2 Å². The SMILES string of the molecule is CC(C)Oc1ccc(-c2ccc3oc(C4CCN(C(=O)O)C(C(C)(C)C)C4)nc3c2)cc1F. The maximum atomic E-state index is 14.5. The van der Waals surface area contributed by atoms with E-state index in [0.29, 0.717) is 36.4 Å². The molecule has 2 aromatic carbocycles. The highest BCUT2D eigenvalue weighted by molar-refractivity contribution is 5.80. The van der Waals surface area contributed by atoms with Crippen molar-refractivity contribution in [2.24, 2.45) is 5.41 Å². The fourth-order valence-corrected chi connectivity index (χ4v) is 4.57. The molecule has 4 rings (SSSR count). The molecule has 33 heavy (non-hydrogen) atoms. The summed E-state index contributed by atoms with van der Waals surface area (Å²) in [5.41, 5.74) is 2.76. The lowest BCUT2D eigenvalue weighted by Gasteiger charge is -2.43. The molecule has 2 heterocycles. The number of piperidine rings is 1. The summed E-state index contributed by atoms with van der Waals surface area (Å²) in [5, 5.41) is 9.61. The van der Waals surface area contributed by atoms with Crippen molar-refractivity contribution in [2.45, 2.75) is 65.5 Å². The lowest BCUT2D eigenvalue weighted by atomic mass is 9.77. The minimum atomic E-state index is -0.882. The Bertz CT molecular complexity index is 1160. The van der Waals surface area contributed by atoms with Gasteiger partial charge in [0.15, 0.2) is 23.0 Å². The second-order valence-corrected chi connectivity index (χ2v) is 10.1. The maximum Gasteiger partial charge on any atom is 0.407 e. The van der Waals surface area contributed by atoms with Crippen LogP contribution in [-0.2, 0) is 0 Å². The number of carboxylic acid groups (broad SMARTS) is 1. The summed E-state index contributed by atoms with van der Waals surface area (Å²) in [6.07, 6.45) is 0.349. The molecule has 7 heteroatoms. The number of ether oxygens (including phenoxy) is 1. The molecule has 1 aliphatic heterocycles. The number of oxazole rings is 1. The second kappa shape index (κ2) is 8.69. The molecule has 1 aliphatic rings. The zero-order chi connectivity index (χ0) is 23.9. The summed E-state index contributed by atoms with van der Waals surface area (Å²) < 4.78 is 26.0. The van der Waals surface area contributed by atoms with Gasteiger partial charge in [-0.25, -0.2) is 14.2 Å². The Kier molecular flexibility index (Phi) is 6.08. The summed E-state index contributed by atoms with van der Waals surface area (Å²) in [7, 11) is 0. The van der Waals surface area contributed by atoms with Gasteiger partial charge >= 0.3 is 6.09 Å². The molecule has 0 radical (unpaired) electrons. The molecule has 1 saturated heterocycles. The van der Waals surface area contributed by atoms with Gasteiger partial charge in [-0.3, -0.25) is 0 Å². The van der Waals surface area contributed by atoms with Gasteiger partial charge in [-0.2, -0.15) is 0 Å². The van der Waals surface area contributed by atoms with Crippen LogP contribution in [0.2, 0.25) is 0 Å². The van der Waals surface area contributed by atoms with Gasteiger partial charge in [0.1, 0.15) is 5.52 Å². The summed E-state index contributed by atoms with van der Waals surface area (Å²) in [6.45, 7) is 10.4. The molecule has 1 aromatic heterocycles. The van der Waals surface area contributed by atoms with Gasteiger partial charge in [-0.05, 0) is 67.5 Å². The number of carbonyl (C=O) groups is 1. The third kappa shape index (κ3) is 4.82. The highest BCUT2D eigenvalue weighted by Crippen LogP contribution is 2.40. The van der Waals surface area contributed by atoms with Crippen molar-refractivity contribution in [2.75, 3.05) is 6.54 Å². The van der Waals surface area contributed by atoms with Gasteiger partial charge in [0.25, 0.3) is 0 Å². The summed E-state index contributed by atoms with van der Waals surface area (Å²) >= 11 is 0. The number of halogens is 1. The Balaban J connectivity index is 1.60. The molecular formula is C26H31FN2O4. The van der Waals surface area contributed by atoms with Gasteiger partial charge < -0.3 is 19.2 Å². The van der Waals surface area contributed by atoms with E-state index in [0.717, 1.165) is 11.1 Å². The number of fused-ring (bicyclic) bond motifs is 1. The van der Waals surface area contributed by atoms with Crippen LogP contribution in [0.1, 0.15) is 59.3 Å². The molecule has 0 bridgehead atoms. The quantitative estimate of drug-likeness (QED) is 0.475. The van der Waals surface area contributed by atoms with Crippen LogP contribution in [0.3, 0.4) is 0 Å². The van der Waals surface area contributed by atoms with Gasteiger partial charge in [0, 0.05) is 18.5 Å². The highest BCUT2D eigenvalue weighted by Gasteiger charge is 2.40. The normalized spacial score (nSPS) is 19.3. The first kappa shape index (κ1) is 23.1. The third-order valence-corrected chi connectivity index (χ3v) is 6.23. The predicted molar refractivity (Wildman–Crippen MR) is 125 cm³/mol. The lowest BCUT2D eigenvalue weighted by Crippen LogP contribution is -2.51. The number of likely N-dealkylation sites (tertiary alicyclic amines) is 1. The molecule has 0 aliphatic carbocycles. The molecule has 0 saturated carbocycles. The van der Waals surface area contributed by atoms with Crippen molar-refractivity contribution in [1.29, 1.82) is 0 Å². The third-order valence-electron chi connectivity index (χ3n) is 6.23. The second-order valence-electron chi connectivity index (χ2n) is 10.1. The lowest BCUT2D eigenvalue weighted by molar-refractivity contribution is 0.0494. The van der Waals surface area contributed by atoms with Crippen molar-refractivity contribution < 1.29 is 23.4 Å². The molecule has 0 spiro atoms. The van der Waals surface area contributed by atoms with Crippen LogP contribution >= 0.6 is 0 Å². The van der Waals surface area contributed by atoms with Crippen molar-refractivity contribution in [3.05, 3.63) is 48.1 Å². The van der Waals surface area contributed by atoms with Gasteiger partial charge in [0.05, 0.1) is 6.10 Å². The van der Waals surface area contributed by atoms with Gasteiger partial charge in [-0.1, -0.05) is 32.9 Å². The molecule has 176 valence electrons. The van der Waals surface area contributed by atoms with Crippen molar-refractivity contribution in [3.8, 4) is 16.9 Å². The molecule has 6 nitrogen and oxygen atoms in total. The van der Waals surface area contributed by atoms with E-state index in [1.165, 1.54) is 6.07 Å². The zero-order valence-corrected chi connectivity index (χ0v) is 19.8. The molecule has 3 aromatic rings. The van der Waals surface area contributed by atoms with Gasteiger partial charge in [0.2, 0.25) is 0 Å². The smallest absolute Gasteiger partial charge is 0.407 e. The molecule has 2 unspecified atom stereocenters. The molecule has 1 N–H and O–H groups in total. The van der Waals surface area contributed by atoms with E-state index in [-0.39, 0.29) is 29.2 Å². The van der Waals surface area contributed by atoms with E-state index in [4.69, 9.17) is 14.1 Å².